The van der Waals surface area contributed by atoms with E-state index >= 15 is 0 Å². The molecule has 4 nitrogen and oxygen atoms in total. The summed E-state index contributed by atoms with van der Waals surface area (Å²) in [5.74, 6) is 4.05. The molecule has 0 bridgehead atoms. The summed E-state index contributed by atoms with van der Waals surface area (Å²) in [6.07, 6.45) is 9.76. The Bertz CT molecular complexity index is 900. The van der Waals surface area contributed by atoms with E-state index in [-0.39, 0.29) is 28.8 Å². The first kappa shape index (κ1) is 25.5. The van der Waals surface area contributed by atoms with E-state index in [4.69, 9.17) is 9.16 Å². The highest BCUT2D eigenvalue weighted by Crippen LogP contribution is 2.76. The number of hydrogen-bond donors (Lipinski definition) is 0. The van der Waals surface area contributed by atoms with Gasteiger partial charge in [0.25, 0.3) is 8.32 Å². The average molecular weight is 501 g/mol. The summed E-state index contributed by atoms with van der Waals surface area (Å²) in [6.45, 7) is 17.9. The molecule has 5 rings (SSSR count). The van der Waals surface area contributed by atoms with Crippen molar-refractivity contribution in [3.63, 3.8) is 0 Å². The van der Waals surface area contributed by atoms with Gasteiger partial charge in [-0.15, -0.1) is 0 Å². The van der Waals surface area contributed by atoms with E-state index < -0.39 is 8.32 Å². The van der Waals surface area contributed by atoms with Crippen LogP contribution >= 0.6 is 0 Å². The zero-order valence-corrected chi connectivity index (χ0v) is 24.4. The number of allylic oxidation sites excluding steroid dienone is 1. The van der Waals surface area contributed by atoms with Crippen molar-refractivity contribution >= 4 is 20.1 Å². The van der Waals surface area contributed by atoms with E-state index in [1.165, 1.54) is 18.6 Å². The highest BCUT2D eigenvalue weighted by Gasteiger charge is 2.77. The molecule has 4 fully saturated rings. The van der Waals surface area contributed by atoms with Crippen molar-refractivity contribution in [1.82, 2.24) is 0 Å². The second-order valence-electron chi connectivity index (χ2n) is 13.9. The van der Waals surface area contributed by atoms with Crippen molar-refractivity contribution in [2.45, 2.75) is 123 Å². The van der Waals surface area contributed by atoms with Crippen molar-refractivity contribution in [3.8, 4) is 0 Å². The fourth-order valence-electron chi connectivity index (χ4n) is 10.4. The van der Waals surface area contributed by atoms with Gasteiger partial charge in [0.05, 0.1) is 5.76 Å². The van der Waals surface area contributed by atoms with Crippen molar-refractivity contribution in [1.29, 1.82) is 0 Å². The maximum absolute atomic E-state index is 12.8. The second-order valence-corrected chi connectivity index (χ2v) is 19.3. The van der Waals surface area contributed by atoms with Crippen LogP contribution in [0.25, 0.3) is 0 Å². The van der Waals surface area contributed by atoms with Gasteiger partial charge in [0.2, 0.25) is 0 Å². The number of Topliss-reactive ketones (excluding diaryl/α,β-unsaturated/α-hetero) is 1. The predicted molar refractivity (Wildman–Crippen MR) is 141 cm³/mol. The molecule has 5 aliphatic rings. The molecule has 196 valence electrons. The topological polar surface area (TPSA) is 52.6 Å². The monoisotopic (exact) mass is 500 g/mol. The number of hydrogen-bond acceptors (Lipinski definition) is 4. The summed E-state index contributed by atoms with van der Waals surface area (Å²) in [4.78, 5) is 25.0. The molecule has 0 aromatic carbocycles. The van der Waals surface area contributed by atoms with Gasteiger partial charge in [-0.2, -0.15) is 0 Å². The van der Waals surface area contributed by atoms with E-state index in [2.05, 4.69) is 54.5 Å². The first-order valence-corrected chi connectivity index (χ1v) is 16.6. The van der Waals surface area contributed by atoms with Gasteiger partial charge in [-0.3, -0.25) is 9.59 Å². The van der Waals surface area contributed by atoms with E-state index in [1.807, 2.05) is 0 Å². The Morgan fingerprint density at radius 2 is 1.66 bits per heavy atom. The van der Waals surface area contributed by atoms with Crippen LogP contribution in [0.1, 0.15) is 100 Å². The number of rotatable bonds is 6. The molecule has 0 N–H and O–H groups in total. The number of ether oxygens (including phenoxy) is 1. The number of carbonyl (C=O) groups is 2. The van der Waals surface area contributed by atoms with Gasteiger partial charge < -0.3 is 9.16 Å². The van der Waals surface area contributed by atoms with Crippen LogP contribution in [0, 0.1) is 40.4 Å². The molecule has 0 aromatic heterocycles. The van der Waals surface area contributed by atoms with Crippen molar-refractivity contribution in [2.75, 3.05) is 0 Å². The van der Waals surface area contributed by atoms with Crippen LogP contribution in [-0.2, 0) is 18.8 Å². The third-order valence-corrected chi connectivity index (χ3v) is 17.8. The summed E-state index contributed by atoms with van der Waals surface area (Å²) in [5, 5.41) is 0. The Hall–Kier alpha value is -1.10. The molecular formula is C30H48O4Si. The Morgan fingerprint density at radius 1 is 1.00 bits per heavy atom. The summed E-state index contributed by atoms with van der Waals surface area (Å²) >= 11 is 0. The smallest absolute Gasteiger partial charge is 0.302 e. The standard InChI is InChI=1S/C30H48O4Si/c1-17(2)35(18(3)4,19(5)6)34-22-15-21-9-10-23-24-11-12-27(32)29(24,8)14-13-25(23)30(21)26(16-22)28(30)33-20(7)31/h16-19,21,23-26,28H,9-15H2,1-8H3/t21-,23-,24-,25-,26-,28+,29-,30?/m0/s1. The molecule has 0 aromatic rings. The van der Waals surface area contributed by atoms with Crippen LogP contribution in [-0.4, -0.2) is 26.2 Å². The van der Waals surface area contributed by atoms with Gasteiger partial charge in [-0.1, -0.05) is 48.5 Å². The lowest BCUT2D eigenvalue weighted by molar-refractivity contribution is -0.147. The SMILES string of the molecule is CC(=O)O[C@@H]1[C@@H]2C=C(O[Si](C(C)C)(C(C)C)C(C)C)C[C@@H]3CC[C@@H]4[C@H](CC[C@]5(C)C(=O)CC[C@@H]45)C312. The fourth-order valence-corrected chi connectivity index (χ4v) is 15.8. The lowest BCUT2D eigenvalue weighted by Crippen LogP contribution is -2.51. The quantitative estimate of drug-likeness (QED) is 0.281. The molecule has 1 spiro atoms. The average Bonchev–Trinajstić information content (AvgIpc) is 3.27. The van der Waals surface area contributed by atoms with E-state index in [9.17, 15) is 9.59 Å². The molecule has 35 heavy (non-hydrogen) atoms. The molecule has 0 heterocycles. The molecule has 1 unspecified atom stereocenters. The number of carbonyl (C=O) groups excluding carboxylic acids is 2. The van der Waals surface area contributed by atoms with Gasteiger partial charge >= 0.3 is 5.97 Å². The Labute approximate surface area is 214 Å². The molecular weight excluding hydrogens is 452 g/mol. The largest absolute Gasteiger partial charge is 0.546 e. The maximum Gasteiger partial charge on any atom is 0.302 e. The molecule has 5 aliphatic carbocycles. The first-order valence-electron chi connectivity index (χ1n) is 14.5. The molecule has 0 saturated heterocycles. The van der Waals surface area contributed by atoms with E-state index in [1.54, 1.807) is 6.92 Å². The van der Waals surface area contributed by atoms with Crippen LogP contribution in [0.2, 0.25) is 16.6 Å². The van der Waals surface area contributed by atoms with Gasteiger partial charge in [0.1, 0.15) is 11.9 Å². The van der Waals surface area contributed by atoms with E-state index in [0.717, 1.165) is 32.1 Å². The Kier molecular flexibility index (Phi) is 6.17. The highest BCUT2D eigenvalue weighted by atomic mass is 28.4. The number of esters is 1. The predicted octanol–water partition coefficient (Wildman–Crippen LogP) is 7.44. The minimum Gasteiger partial charge on any atom is -0.546 e. The number of fused-ring (bicyclic) bond motifs is 3. The Balaban J connectivity index is 1.49. The van der Waals surface area contributed by atoms with Gasteiger partial charge in [0.15, 0.2) is 0 Å². The van der Waals surface area contributed by atoms with Crippen LogP contribution in [0.15, 0.2) is 11.8 Å². The highest BCUT2D eigenvalue weighted by molar-refractivity contribution is 6.77. The molecule has 0 amide bonds. The molecule has 8 atom stereocenters. The third-order valence-electron chi connectivity index (χ3n) is 11.8. The minimum atomic E-state index is -2.02. The lowest BCUT2D eigenvalue weighted by Gasteiger charge is -2.55. The zero-order valence-electron chi connectivity index (χ0n) is 23.4. The van der Waals surface area contributed by atoms with Crippen LogP contribution in [0.5, 0.6) is 0 Å². The van der Waals surface area contributed by atoms with Crippen LogP contribution in [0.3, 0.4) is 0 Å². The van der Waals surface area contributed by atoms with Crippen LogP contribution < -0.4 is 0 Å². The summed E-state index contributed by atoms with van der Waals surface area (Å²) in [7, 11) is -2.02. The van der Waals surface area contributed by atoms with Crippen molar-refractivity contribution < 1.29 is 18.8 Å². The minimum absolute atomic E-state index is 0.00595. The Morgan fingerprint density at radius 3 is 2.26 bits per heavy atom. The molecule has 0 aliphatic heterocycles. The zero-order chi connectivity index (χ0) is 25.5. The molecule has 0 radical (unpaired) electrons. The fraction of sp³-hybridized carbons (Fsp3) is 0.867. The maximum atomic E-state index is 12.8. The summed E-state index contributed by atoms with van der Waals surface area (Å²) in [5.41, 5.74) is 1.61. The van der Waals surface area contributed by atoms with Crippen LogP contribution in [0.4, 0.5) is 0 Å². The summed E-state index contributed by atoms with van der Waals surface area (Å²) < 4.78 is 13.3. The molecule has 5 heteroatoms. The third kappa shape index (κ3) is 3.41. The normalized spacial score (nSPS) is 42.3. The van der Waals surface area contributed by atoms with Gasteiger partial charge in [0, 0.05) is 36.5 Å². The summed E-state index contributed by atoms with van der Waals surface area (Å²) in [6, 6.07) is 0. The van der Waals surface area contributed by atoms with E-state index in [0.29, 0.717) is 46.1 Å². The second kappa shape index (κ2) is 8.46. The molecule has 4 saturated carbocycles. The first-order chi connectivity index (χ1) is 16.4. The van der Waals surface area contributed by atoms with Gasteiger partial charge in [-0.05, 0) is 78.5 Å². The van der Waals surface area contributed by atoms with Crippen molar-refractivity contribution in [3.05, 3.63) is 11.8 Å². The number of ketones is 1. The van der Waals surface area contributed by atoms with Gasteiger partial charge in [-0.25, -0.2) is 0 Å². The lowest BCUT2D eigenvalue weighted by atomic mass is 9.49. The van der Waals surface area contributed by atoms with Crippen molar-refractivity contribution in [2.24, 2.45) is 40.4 Å².